The predicted molar refractivity (Wildman–Crippen MR) is 142 cm³/mol. The zero-order valence-electron chi connectivity index (χ0n) is 19.4. The van der Waals surface area contributed by atoms with E-state index in [-0.39, 0.29) is 20.1 Å². The number of aromatic nitrogens is 2. The summed E-state index contributed by atoms with van der Waals surface area (Å²) in [7, 11) is 0. The van der Waals surface area contributed by atoms with Crippen LogP contribution in [0.15, 0.2) is 128 Å². The molecule has 0 amide bonds. The quantitative estimate of drug-likeness (QED) is 0.108. The maximum Gasteiger partial charge on any atom is 0.145 e. The molecule has 2 nitrogen and oxygen atoms in total. The summed E-state index contributed by atoms with van der Waals surface area (Å²) in [5.41, 5.74) is 9.48. The first kappa shape index (κ1) is 22.4. The Balaban J connectivity index is 0.00000240. The average molecular weight is 638 g/mol. The summed E-state index contributed by atoms with van der Waals surface area (Å²) in [5.74, 6) is 0. The van der Waals surface area contributed by atoms with Crippen LogP contribution < -0.4 is 4.52 Å². The van der Waals surface area contributed by atoms with Gasteiger partial charge in [-0.15, -0.1) is 5.39 Å². The average Bonchev–Trinajstić information content (AvgIpc) is 3.44. The molecule has 7 aromatic rings. The van der Waals surface area contributed by atoms with Gasteiger partial charge in [0, 0.05) is 25.6 Å². The van der Waals surface area contributed by atoms with Gasteiger partial charge in [-0.05, 0) is 45.6 Å². The Labute approximate surface area is 223 Å². The van der Waals surface area contributed by atoms with Crippen LogP contribution in [0, 0.1) is 12.3 Å². The number of para-hydroxylation sites is 1. The third-order valence-corrected chi connectivity index (χ3v) is 6.73. The molecule has 0 N–H and O–H groups in total. The van der Waals surface area contributed by atoms with Crippen LogP contribution in [0.25, 0.3) is 55.2 Å². The summed E-state index contributed by atoms with van der Waals surface area (Å²) in [4.78, 5) is 0. The van der Waals surface area contributed by atoms with E-state index < -0.39 is 0 Å². The normalized spacial score (nSPS) is 11.1. The van der Waals surface area contributed by atoms with Gasteiger partial charge in [0.2, 0.25) is 0 Å². The summed E-state index contributed by atoms with van der Waals surface area (Å²) in [6, 6.07) is 46.3. The number of hydrogen-bond acceptors (Lipinski definition) is 0. The van der Waals surface area contributed by atoms with E-state index in [4.69, 9.17) is 0 Å². The van der Waals surface area contributed by atoms with Gasteiger partial charge in [0.25, 0.3) is 0 Å². The summed E-state index contributed by atoms with van der Waals surface area (Å²) in [5, 5.41) is 2.36. The van der Waals surface area contributed by atoms with E-state index in [1.165, 1.54) is 38.8 Å². The molecule has 0 aliphatic heterocycles. The Bertz CT molecular complexity index is 1780. The van der Waals surface area contributed by atoms with E-state index >= 15 is 0 Å². The van der Waals surface area contributed by atoms with Crippen molar-refractivity contribution in [3.05, 3.63) is 140 Å². The molecule has 0 aliphatic carbocycles. The SMILES string of the molecule is [Ir].[c-]1cccc2c3cc(-c4c(-c5ccccc5)cccc4-c4ccccc4)ccc3n3cc[c-][n+]3c12. The van der Waals surface area contributed by atoms with Crippen LogP contribution in [0.2, 0.25) is 0 Å². The minimum atomic E-state index is 0. The van der Waals surface area contributed by atoms with Crippen molar-refractivity contribution < 1.29 is 24.6 Å². The van der Waals surface area contributed by atoms with Gasteiger partial charge in [-0.25, -0.2) is 4.52 Å². The molecule has 0 bridgehead atoms. The fourth-order valence-corrected chi connectivity index (χ4v) is 5.17. The molecule has 36 heavy (non-hydrogen) atoms. The fourth-order valence-electron chi connectivity index (χ4n) is 5.17. The van der Waals surface area contributed by atoms with Crippen molar-refractivity contribution in [3.63, 3.8) is 0 Å². The van der Waals surface area contributed by atoms with Crippen molar-refractivity contribution in [3.8, 4) is 33.4 Å². The van der Waals surface area contributed by atoms with E-state index in [1.54, 1.807) is 0 Å². The molecule has 0 unspecified atom stereocenters. The van der Waals surface area contributed by atoms with Crippen molar-refractivity contribution in [2.45, 2.75) is 0 Å². The van der Waals surface area contributed by atoms with Gasteiger partial charge in [-0.3, -0.25) is 0 Å². The van der Waals surface area contributed by atoms with Crippen molar-refractivity contribution in [1.82, 2.24) is 4.52 Å². The topological polar surface area (TPSA) is 8.51 Å². The zero-order valence-corrected chi connectivity index (χ0v) is 21.7. The molecular weight excluding hydrogens is 617 g/mol. The van der Waals surface area contributed by atoms with E-state index in [2.05, 4.69) is 132 Å². The molecule has 2 heterocycles. The first-order chi connectivity index (χ1) is 17.4. The van der Waals surface area contributed by atoms with Gasteiger partial charge in [0.15, 0.2) is 0 Å². The number of hydrogen-bond donors (Lipinski definition) is 0. The Morgan fingerprint density at radius 1 is 0.583 bits per heavy atom. The van der Waals surface area contributed by atoms with Crippen LogP contribution in [0.1, 0.15) is 0 Å². The van der Waals surface area contributed by atoms with E-state index in [9.17, 15) is 0 Å². The minimum Gasteiger partial charge on any atom is -0.210 e. The molecule has 0 atom stereocenters. The second-order valence-corrected chi connectivity index (χ2v) is 8.73. The largest absolute Gasteiger partial charge is 0.210 e. The summed E-state index contributed by atoms with van der Waals surface area (Å²) in [6.07, 6.45) is 5.36. The van der Waals surface area contributed by atoms with Crippen LogP contribution in [0.4, 0.5) is 0 Å². The molecule has 0 saturated carbocycles. The third kappa shape index (κ3) is 3.56. The Hall–Kier alpha value is -4.04. The molecule has 3 heteroatoms. The number of fused-ring (bicyclic) bond motifs is 6. The number of benzene rings is 5. The molecule has 7 rings (SSSR count). The van der Waals surface area contributed by atoms with Crippen molar-refractivity contribution in [2.24, 2.45) is 0 Å². The van der Waals surface area contributed by atoms with Crippen LogP contribution in [-0.2, 0) is 20.1 Å². The third-order valence-electron chi connectivity index (χ3n) is 6.73. The molecule has 173 valence electrons. The standard InChI is InChI=1S/C33H21N2.Ir/c1-3-11-24(12-4-1)27-16-9-17-28(25-13-5-2-6-14-25)33(27)26-19-20-32-30(23-26)29-15-7-8-18-31(29)34-21-10-22-35(32)34;/h1-17,19-20,22-23H;/q-1;. The van der Waals surface area contributed by atoms with Gasteiger partial charge >= 0.3 is 0 Å². The van der Waals surface area contributed by atoms with Gasteiger partial charge in [-0.2, -0.15) is 28.8 Å². The van der Waals surface area contributed by atoms with E-state index in [1.807, 2.05) is 16.6 Å². The minimum absolute atomic E-state index is 0. The number of nitrogens with zero attached hydrogens (tertiary/aromatic N) is 2. The first-order valence-corrected chi connectivity index (χ1v) is 11.8. The molecule has 0 spiro atoms. The first-order valence-electron chi connectivity index (χ1n) is 11.8. The second-order valence-electron chi connectivity index (χ2n) is 8.73. The van der Waals surface area contributed by atoms with E-state index in [0.717, 1.165) is 16.4 Å². The van der Waals surface area contributed by atoms with Gasteiger partial charge in [-0.1, -0.05) is 102 Å². The molecule has 0 aliphatic rings. The van der Waals surface area contributed by atoms with Gasteiger partial charge < -0.3 is 0 Å². The van der Waals surface area contributed by atoms with Crippen LogP contribution >= 0.6 is 0 Å². The van der Waals surface area contributed by atoms with Crippen LogP contribution in [0.5, 0.6) is 0 Å². The predicted octanol–water partition coefficient (Wildman–Crippen LogP) is 7.43. The number of rotatable bonds is 3. The van der Waals surface area contributed by atoms with Crippen molar-refractivity contribution >= 4 is 21.8 Å². The summed E-state index contributed by atoms with van der Waals surface area (Å²) < 4.78 is 4.17. The molecule has 2 aromatic heterocycles. The molecule has 0 fully saturated rings. The van der Waals surface area contributed by atoms with Gasteiger partial charge in [0.05, 0.1) is 5.52 Å². The Morgan fingerprint density at radius 2 is 1.28 bits per heavy atom. The second kappa shape index (κ2) is 9.20. The zero-order chi connectivity index (χ0) is 23.2. The van der Waals surface area contributed by atoms with E-state index in [0.29, 0.717) is 0 Å². The Morgan fingerprint density at radius 3 is 1.97 bits per heavy atom. The summed E-state index contributed by atoms with van der Waals surface area (Å²) in [6.45, 7) is 0. The fraction of sp³-hybridized carbons (Fsp3) is 0. The van der Waals surface area contributed by atoms with Crippen molar-refractivity contribution in [1.29, 1.82) is 0 Å². The molecular formula is C33H21IrN2-. The monoisotopic (exact) mass is 638 g/mol. The molecule has 1 radical (unpaired) electrons. The van der Waals surface area contributed by atoms with Crippen molar-refractivity contribution in [2.75, 3.05) is 0 Å². The van der Waals surface area contributed by atoms with Gasteiger partial charge in [0.1, 0.15) is 6.20 Å². The van der Waals surface area contributed by atoms with Crippen LogP contribution in [0.3, 0.4) is 0 Å². The maximum atomic E-state index is 3.42. The Kier molecular flexibility index (Phi) is 5.73. The smallest absolute Gasteiger partial charge is 0.145 e. The summed E-state index contributed by atoms with van der Waals surface area (Å²) >= 11 is 0. The molecule has 0 saturated heterocycles. The maximum absolute atomic E-state index is 3.42. The van der Waals surface area contributed by atoms with Crippen LogP contribution in [-0.4, -0.2) is 4.52 Å². The molecule has 5 aromatic carbocycles.